The number of nitrogens with zero attached hydrogens (tertiary/aromatic N) is 1. The van der Waals surface area contributed by atoms with E-state index in [2.05, 4.69) is 10.6 Å². The van der Waals surface area contributed by atoms with Gasteiger partial charge in [-0.2, -0.15) is 5.26 Å². The number of halogens is 1. The smallest absolute Gasteiger partial charge is 0.263 e. The molecule has 4 nitrogen and oxygen atoms in total. The highest BCUT2D eigenvalue weighted by Gasteiger charge is 2.08. The number of rotatable bonds is 7. The van der Waals surface area contributed by atoms with Crippen molar-refractivity contribution in [2.24, 2.45) is 0 Å². The predicted molar refractivity (Wildman–Crippen MR) is 90.1 cm³/mol. The van der Waals surface area contributed by atoms with Gasteiger partial charge in [0.05, 0.1) is 0 Å². The van der Waals surface area contributed by atoms with Gasteiger partial charge in [0.1, 0.15) is 17.5 Å². The lowest BCUT2D eigenvalue weighted by atomic mass is 10.1. The van der Waals surface area contributed by atoms with Crippen molar-refractivity contribution in [2.75, 3.05) is 6.54 Å². The molecule has 0 fully saturated rings. The van der Waals surface area contributed by atoms with E-state index >= 15 is 0 Å². The first-order valence-electron chi connectivity index (χ1n) is 7.60. The van der Waals surface area contributed by atoms with Crippen LogP contribution in [0.3, 0.4) is 0 Å². The molecule has 122 valence electrons. The number of carbonyl (C=O) groups excluding carboxylic acids is 1. The van der Waals surface area contributed by atoms with E-state index in [9.17, 15) is 9.18 Å². The van der Waals surface area contributed by atoms with Crippen LogP contribution in [0, 0.1) is 17.1 Å². The maximum absolute atomic E-state index is 13.5. The molecule has 0 radical (unpaired) electrons. The Morgan fingerprint density at radius 1 is 1.12 bits per heavy atom. The number of carbonyl (C=O) groups is 1. The molecule has 0 spiro atoms. The Morgan fingerprint density at radius 3 is 2.54 bits per heavy atom. The Labute approximate surface area is 140 Å². The van der Waals surface area contributed by atoms with Crippen LogP contribution < -0.4 is 10.6 Å². The quantitative estimate of drug-likeness (QED) is 0.468. The molecule has 0 unspecified atom stereocenters. The third kappa shape index (κ3) is 5.25. The van der Waals surface area contributed by atoms with Gasteiger partial charge in [-0.15, -0.1) is 0 Å². The van der Waals surface area contributed by atoms with Gasteiger partial charge < -0.3 is 10.6 Å². The molecule has 2 aromatic rings. The van der Waals surface area contributed by atoms with Crippen LogP contribution in [-0.4, -0.2) is 12.5 Å². The molecule has 0 aromatic heterocycles. The minimum absolute atomic E-state index is 0.0144. The summed E-state index contributed by atoms with van der Waals surface area (Å²) in [6.07, 6.45) is 1.83. The Balaban J connectivity index is 1.81. The second-order valence-electron chi connectivity index (χ2n) is 5.13. The van der Waals surface area contributed by atoms with Gasteiger partial charge >= 0.3 is 0 Å². The molecule has 0 heterocycles. The van der Waals surface area contributed by atoms with Crippen LogP contribution in [0.15, 0.2) is 66.4 Å². The molecule has 2 rings (SSSR count). The summed E-state index contributed by atoms with van der Waals surface area (Å²) in [7, 11) is 0. The number of hydrogen-bond donors (Lipinski definition) is 2. The molecule has 0 aliphatic heterocycles. The van der Waals surface area contributed by atoms with Crippen molar-refractivity contribution in [3.63, 3.8) is 0 Å². The van der Waals surface area contributed by atoms with Crippen molar-refractivity contribution in [1.82, 2.24) is 10.6 Å². The third-order valence-corrected chi connectivity index (χ3v) is 3.40. The third-order valence-electron chi connectivity index (χ3n) is 3.40. The highest BCUT2D eigenvalue weighted by Crippen LogP contribution is 2.06. The fourth-order valence-electron chi connectivity index (χ4n) is 2.10. The van der Waals surface area contributed by atoms with Gasteiger partial charge in [0, 0.05) is 19.3 Å². The van der Waals surface area contributed by atoms with Crippen LogP contribution in [0.5, 0.6) is 0 Å². The van der Waals surface area contributed by atoms with Gasteiger partial charge in [0.15, 0.2) is 0 Å². The van der Waals surface area contributed by atoms with E-state index in [1.807, 2.05) is 36.4 Å². The Kier molecular flexibility index (Phi) is 6.54. The summed E-state index contributed by atoms with van der Waals surface area (Å²) in [5.41, 5.74) is 1.53. The molecule has 24 heavy (non-hydrogen) atoms. The molecule has 5 heteroatoms. The van der Waals surface area contributed by atoms with Gasteiger partial charge in [-0.25, -0.2) is 4.39 Å². The van der Waals surface area contributed by atoms with Crippen LogP contribution in [0.1, 0.15) is 11.1 Å². The lowest BCUT2D eigenvalue weighted by Gasteiger charge is -2.06. The molecule has 0 aliphatic rings. The summed E-state index contributed by atoms with van der Waals surface area (Å²) in [5, 5.41) is 14.6. The Morgan fingerprint density at radius 2 is 1.83 bits per heavy atom. The van der Waals surface area contributed by atoms with Crippen molar-refractivity contribution in [3.8, 4) is 6.07 Å². The van der Waals surface area contributed by atoms with Crippen molar-refractivity contribution in [2.45, 2.75) is 13.0 Å². The van der Waals surface area contributed by atoms with Crippen LogP contribution in [0.4, 0.5) is 4.39 Å². The lowest BCUT2D eigenvalue weighted by Crippen LogP contribution is -2.25. The molecule has 1 amide bonds. The number of nitrogens with one attached hydrogen (secondary N) is 2. The standard InChI is InChI=1S/C19H18FN3O/c20-18-9-5-4-8-16(18)10-11-22-14-17(12-21)19(24)23-13-15-6-2-1-3-7-15/h1-9,14,22H,10-11,13H2,(H,23,24)/b17-14-. The number of benzene rings is 2. The average Bonchev–Trinajstić information content (AvgIpc) is 2.62. The first-order chi connectivity index (χ1) is 11.7. The fourth-order valence-corrected chi connectivity index (χ4v) is 2.10. The van der Waals surface area contributed by atoms with Gasteiger partial charge in [-0.05, 0) is 23.6 Å². The van der Waals surface area contributed by atoms with Gasteiger partial charge in [-0.3, -0.25) is 4.79 Å². The van der Waals surface area contributed by atoms with Crippen LogP contribution in [0.25, 0.3) is 0 Å². The molecule has 0 atom stereocenters. The fraction of sp³-hybridized carbons (Fsp3) is 0.158. The zero-order chi connectivity index (χ0) is 17.2. The molecular weight excluding hydrogens is 305 g/mol. The van der Waals surface area contributed by atoms with Gasteiger partial charge in [0.2, 0.25) is 0 Å². The summed E-state index contributed by atoms with van der Waals surface area (Å²) in [6, 6.07) is 17.8. The first kappa shape index (κ1) is 17.2. The Hall–Kier alpha value is -3.13. The van der Waals surface area contributed by atoms with Crippen LogP contribution in [0.2, 0.25) is 0 Å². The van der Waals surface area contributed by atoms with E-state index in [0.717, 1.165) is 5.56 Å². The highest BCUT2D eigenvalue weighted by atomic mass is 19.1. The predicted octanol–water partition coefficient (Wildman–Crippen LogP) is 2.68. The largest absolute Gasteiger partial charge is 0.389 e. The monoisotopic (exact) mass is 323 g/mol. The van der Waals surface area contributed by atoms with E-state index in [1.165, 1.54) is 12.3 Å². The molecule has 0 aliphatic carbocycles. The van der Waals surface area contributed by atoms with E-state index in [4.69, 9.17) is 5.26 Å². The van der Waals surface area contributed by atoms with Gasteiger partial charge in [0.25, 0.3) is 5.91 Å². The molecule has 0 bridgehead atoms. The van der Waals surface area contributed by atoms with Crippen LogP contribution in [-0.2, 0) is 17.8 Å². The zero-order valence-corrected chi connectivity index (χ0v) is 13.1. The molecule has 0 saturated heterocycles. The highest BCUT2D eigenvalue weighted by molar-refractivity contribution is 5.97. The minimum Gasteiger partial charge on any atom is -0.389 e. The van der Waals surface area contributed by atoms with E-state index in [0.29, 0.717) is 25.1 Å². The number of hydrogen-bond acceptors (Lipinski definition) is 3. The minimum atomic E-state index is -0.445. The number of amides is 1. The average molecular weight is 323 g/mol. The maximum atomic E-state index is 13.5. The molecule has 0 saturated carbocycles. The van der Waals surface area contributed by atoms with Crippen molar-refractivity contribution in [3.05, 3.63) is 83.3 Å². The second-order valence-corrected chi connectivity index (χ2v) is 5.13. The van der Waals surface area contributed by atoms with Crippen molar-refractivity contribution >= 4 is 5.91 Å². The first-order valence-corrected chi connectivity index (χ1v) is 7.60. The SMILES string of the molecule is N#C/C(=C/NCCc1ccccc1F)C(=O)NCc1ccccc1. The molecular formula is C19H18FN3O. The van der Waals surface area contributed by atoms with E-state index < -0.39 is 5.91 Å². The summed E-state index contributed by atoms with van der Waals surface area (Å²) < 4.78 is 13.5. The molecule has 2 N–H and O–H groups in total. The Bertz CT molecular complexity index is 751. The van der Waals surface area contributed by atoms with Crippen molar-refractivity contribution in [1.29, 1.82) is 5.26 Å². The zero-order valence-electron chi connectivity index (χ0n) is 13.1. The van der Waals surface area contributed by atoms with E-state index in [-0.39, 0.29) is 11.4 Å². The molecule has 2 aromatic carbocycles. The van der Waals surface area contributed by atoms with Crippen molar-refractivity contribution < 1.29 is 9.18 Å². The summed E-state index contributed by atoms with van der Waals surface area (Å²) in [6.45, 7) is 0.784. The normalized spacial score (nSPS) is 10.8. The number of nitriles is 1. The summed E-state index contributed by atoms with van der Waals surface area (Å²) in [4.78, 5) is 12.0. The lowest BCUT2D eigenvalue weighted by molar-refractivity contribution is -0.117. The van der Waals surface area contributed by atoms with Gasteiger partial charge in [-0.1, -0.05) is 48.5 Å². The van der Waals surface area contributed by atoms with E-state index in [1.54, 1.807) is 18.2 Å². The summed E-state index contributed by atoms with van der Waals surface area (Å²) >= 11 is 0. The topological polar surface area (TPSA) is 64.9 Å². The maximum Gasteiger partial charge on any atom is 0.263 e. The summed E-state index contributed by atoms with van der Waals surface area (Å²) in [5.74, 6) is -0.705. The van der Waals surface area contributed by atoms with Crippen LogP contribution >= 0.6 is 0 Å². The second kappa shape index (κ2) is 9.11.